The molecule has 14 heavy (non-hydrogen) atoms. The van der Waals surface area contributed by atoms with Gasteiger partial charge in [-0.2, -0.15) is 0 Å². The molecule has 3 nitrogen and oxygen atoms in total. The summed E-state index contributed by atoms with van der Waals surface area (Å²) in [6.45, 7) is 1.58. The van der Waals surface area contributed by atoms with E-state index in [-0.39, 0.29) is 6.10 Å². The average Bonchev–Trinajstić information content (AvgIpc) is 2.77. The van der Waals surface area contributed by atoms with Crippen LogP contribution in [0.15, 0.2) is 24.3 Å². The molecule has 0 aromatic carbocycles. The van der Waals surface area contributed by atoms with E-state index in [0.717, 1.165) is 0 Å². The zero-order chi connectivity index (χ0) is 9.80. The van der Waals surface area contributed by atoms with Gasteiger partial charge in [0.1, 0.15) is 6.79 Å². The standard InChI is InChI=1S/C11H16O3/c1-12-6-7-13-8-14-11-9-2-3-10(11)5-4-9/h2-5,9-11H,6-8H2,1H3. The molecule has 0 aromatic heterocycles. The third-order valence-corrected chi connectivity index (χ3v) is 2.65. The molecule has 0 amide bonds. The van der Waals surface area contributed by atoms with Crippen molar-refractivity contribution < 1.29 is 14.2 Å². The Labute approximate surface area is 84.3 Å². The molecule has 78 valence electrons. The predicted molar refractivity (Wildman–Crippen MR) is 52.8 cm³/mol. The Hall–Kier alpha value is -0.640. The highest BCUT2D eigenvalue weighted by Gasteiger charge is 2.33. The number of hydrogen-bond acceptors (Lipinski definition) is 3. The van der Waals surface area contributed by atoms with Gasteiger partial charge in [-0.3, -0.25) is 0 Å². The maximum Gasteiger partial charge on any atom is 0.147 e. The smallest absolute Gasteiger partial charge is 0.147 e. The summed E-state index contributed by atoms with van der Waals surface area (Å²) < 4.78 is 15.8. The fourth-order valence-electron chi connectivity index (χ4n) is 1.89. The minimum Gasteiger partial charge on any atom is -0.382 e. The minimum atomic E-state index is 0.276. The van der Waals surface area contributed by atoms with Crippen LogP contribution in [0.5, 0.6) is 0 Å². The van der Waals surface area contributed by atoms with Crippen LogP contribution < -0.4 is 0 Å². The Balaban J connectivity index is 1.59. The van der Waals surface area contributed by atoms with Crippen molar-refractivity contribution in [2.45, 2.75) is 6.10 Å². The lowest BCUT2D eigenvalue weighted by molar-refractivity contribution is -0.105. The maximum absolute atomic E-state index is 5.63. The lowest BCUT2D eigenvalue weighted by atomic mass is 10.1. The van der Waals surface area contributed by atoms with Gasteiger partial charge in [-0.25, -0.2) is 0 Å². The van der Waals surface area contributed by atoms with E-state index in [1.165, 1.54) is 0 Å². The van der Waals surface area contributed by atoms with Crippen LogP contribution in [0.3, 0.4) is 0 Å². The van der Waals surface area contributed by atoms with Crippen LogP contribution >= 0.6 is 0 Å². The molecule has 0 radical (unpaired) electrons. The molecule has 2 bridgehead atoms. The largest absolute Gasteiger partial charge is 0.382 e. The molecular formula is C11H16O3. The van der Waals surface area contributed by atoms with E-state index in [4.69, 9.17) is 14.2 Å². The number of rotatable bonds is 6. The third-order valence-electron chi connectivity index (χ3n) is 2.65. The molecule has 0 spiro atoms. The molecule has 0 unspecified atom stereocenters. The van der Waals surface area contributed by atoms with E-state index in [2.05, 4.69) is 24.3 Å². The van der Waals surface area contributed by atoms with Crippen LogP contribution in [0, 0.1) is 11.8 Å². The Morgan fingerprint density at radius 2 is 1.64 bits per heavy atom. The second-order valence-electron chi connectivity index (χ2n) is 3.57. The lowest BCUT2D eigenvalue weighted by Gasteiger charge is -2.16. The van der Waals surface area contributed by atoms with Crippen molar-refractivity contribution in [2.24, 2.45) is 11.8 Å². The van der Waals surface area contributed by atoms with Gasteiger partial charge in [0.25, 0.3) is 0 Å². The van der Waals surface area contributed by atoms with Crippen molar-refractivity contribution >= 4 is 0 Å². The van der Waals surface area contributed by atoms with E-state index in [1.54, 1.807) is 7.11 Å². The van der Waals surface area contributed by atoms with E-state index >= 15 is 0 Å². The van der Waals surface area contributed by atoms with Crippen LogP contribution in [0.4, 0.5) is 0 Å². The third kappa shape index (κ3) is 2.05. The quantitative estimate of drug-likeness (QED) is 0.365. The Morgan fingerprint density at radius 1 is 1.00 bits per heavy atom. The Morgan fingerprint density at radius 3 is 2.21 bits per heavy atom. The van der Waals surface area contributed by atoms with Gasteiger partial charge in [0.15, 0.2) is 0 Å². The molecule has 0 fully saturated rings. The zero-order valence-electron chi connectivity index (χ0n) is 8.39. The summed E-state index contributed by atoms with van der Waals surface area (Å²) in [7, 11) is 1.66. The normalized spacial score (nSPS) is 33.1. The van der Waals surface area contributed by atoms with Gasteiger partial charge in [-0.15, -0.1) is 0 Å². The molecule has 0 aliphatic heterocycles. The highest BCUT2D eigenvalue weighted by molar-refractivity contribution is 5.26. The average molecular weight is 196 g/mol. The second-order valence-corrected chi connectivity index (χ2v) is 3.57. The van der Waals surface area contributed by atoms with E-state index in [9.17, 15) is 0 Å². The van der Waals surface area contributed by atoms with Crippen LogP contribution in [0.2, 0.25) is 0 Å². The van der Waals surface area contributed by atoms with Crippen LogP contribution in [-0.4, -0.2) is 33.2 Å². The molecule has 0 heterocycles. The van der Waals surface area contributed by atoms with Gasteiger partial charge in [0.05, 0.1) is 19.3 Å². The van der Waals surface area contributed by atoms with Crippen molar-refractivity contribution in [3.63, 3.8) is 0 Å². The first-order chi connectivity index (χ1) is 6.92. The Bertz CT molecular complexity index is 205. The molecular weight excluding hydrogens is 180 g/mol. The van der Waals surface area contributed by atoms with Crippen molar-refractivity contribution in [2.75, 3.05) is 27.1 Å². The van der Waals surface area contributed by atoms with Gasteiger partial charge in [-0.05, 0) is 0 Å². The predicted octanol–water partition coefficient (Wildman–Crippen LogP) is 1.36. The zero-order valence-corrected chi connectivity index (χ0v) is 8.39. The lowest BCUT2D eigenvalue weighted by Crippen LogP contribution is -2.21. The fourth-order valence-corrected chi connectivity index (χ4v) is 1.89. The summed E-state index contributed by atoms with van der Waals surface area (Å²) in [6, 6.07) is 0. The Kier molecular flexibility index (Phi) is 3.35. The van der Waals surface area contributed by atoms with Crippen LogP contribution in [0.25, 0.3) is 0 Å². The van der Waals surface area contributed by atoms with Gasteiger partial charge in [-0.1, -0.05) is 24.3 Å². The van der Waals surface area contributed by atoms with Gasteiger partial charge < -0.3 is 14.2 Å². The topological polar surface area (TPSA) is 27.7 Å². The first kappa shape index (κ1) is 9.90. The summed E-state index contributed by atoms with van der Waals surface area (Å²) in [4.78, 5) is 0. The first-order valence-corrected chi connectivity index (χ1v) is 4.97. The molecule has 2 aliphatic rings. The van der Waals surface area contributed by atoms with Crippen molar-refractivity contribution in [3.05, 3.63) is 24.3 Å². The number of hydrogen-bond donors (Lipinski definition) is 0. The molecule has 0 saturated carbocycles. The second kappa shape index (κ2) is 4.73. The molecule has 0 N–H and O–H groups in total. The molecule has 0 aromatic rings. The summed E-state index contributed by atoms with van der Waals surface area (Å²) >= 11 is 0. The summed E-state index contributed by atoms with van der Waals surface area (Å²) in [6.07, 6.45) is 9.07. The first-order valence-electron chi connectivity index (χ1n) is 4.97. The summed E-state index contributed by atoms with van der Waals surface area (Å²) in [5.41, 5.74) is 0. The highest BCUT2D eigenvalue weighted by atomic mass is 16.7. The highest BCUT2D eigenvalue weighted by Crippen LogP contribution is 2.35. The van der Waals surface area contributed by atoms with E-state index < -0.39 is 0 Å². The van der Waals surface area contributed by atoms with Crippen molar-refractivity contribution in [1.29, 1.82) is 0 Å². The number of ether oxygens (including phenoxy) is 3. The van der Waals surface area contributed by atoms with Crippen LogP contribution in [-0.2, 0) is 14.2 Å². The molecule has 2 rings (SSSR count). The monoisotopic (exact) mass is 196 g/mol. The van der Waals surface area contributed by atoms with E-state index in [0.29, 0.717) is 31.8 Å². The number of methoxy groups -OCH3 is 1. The van der Waals surface area contributed by atoms with Crippen molar-refractivity contribution in [1.82, 2.24) is 0 Å². The summed E-state index contributed by atoms with van der Waals surface area (Å²) in [5, 5.41) is 0. The molecule has 3 heteroatoms. The number of fused-ring (bicyclic) bond motifs is 2. The molecule has 0 atom stereocenters. The maximum atomic E-state index is 5.63. The SMILES string of the molecule is COCCOCOC1C2C=CC1C=C2. The molecule has 2 aliphatic carbocycles. The minimum absolute atomic E-state index is 0.276. The van der Waals surface area contributed by atoms with Crippen LogP contribution in [0.1, 0.15) is 0 Å². The van der Waals surface area contributed by atoms with E-state index in [1.807, 2.05) is 0 Å². The summed E-state index contributed by atoms with van der Waals surface area (Å²) in [5.74, 6) is 0.928. The van der Waals surface area contributed by atoms with Gasteiger partial charge in [0, 0.05) is 18.9 Å². The van der Waals surface area contributed by atoms with Crippen molar-refractivity contribution in [3.8, 4) is 0 Å². The van der Waals surface area contributed by atoms with Gasteiger partial charge in [0.2, 0.25) is 0 Å². The molecule has 0 saturated heterocycles. The van der Waals surface area contributed by atoms with Gasteiger partial charge >= 0.3 is 0 Å². The fraction of sp³-hybridized carbons (Fsp3) is 0.636.